The molecule has 0 aliphatic rings. The van der Waals surface area contributed by atoms with Crippen molar-refractivity contribution in [1.29, 1.82) is 0 Å². The van der Waals surface area contributed by atoms with E-state index in [1.54, 1.807) is 0 Å². The highest BCUT2D eigenvalue weighted by Crippen LogP contribution is 2.20. The molecule has 0 bridgehead atoms. The molecular formula is C15H30BO3. The molecule has 0 spiro atoms. The number of hydrogen-bond donors (Lipinski definition) is 0. The summed E-state index contributed by atoms with van der Waals surface area (Å²) >= 11 is 0. The molecule has 111 valence electrons. The van der Waals surface area contributed by atoms with Gasteiger partial charge in [0.15, 0.2) is 0 Å². The second kappa shape index (κ2) is 7.93. The maximum atomic E-state index is 11.7. The molecule has 4 heteroatoms. The van der Waals surface area contributed by atoms with Gasteiger partial charge in [0.2, 0.25) is 5.87 Å². The van der Waals surface area contributed by atoms with E-state index in [-0.39, 0.29) is 17.4 Å². The van der Waals surface area contributed by atoms with Crippen LogP contribution in [0.5, 0.6) is 0 Å². The van der Waals surface area contributed by atoms with Crippen molar-refractivity contribution in [2.45, 2.75) is 79.3 Å². The molecule has 0 N–H and O–H groups in total. The van der Waals surface area contributed by atoms with Gasteiger partial charge < -0.3 is 9.47 Å². The minimum absolute atomic E-state index is 0.0286. The fraction of sp³-hybridized carbons (Fsp3) is 0.933. The zero-order chi connectivity index (χ0) is 15.1. The first kappa shape index (κ1) is 18.5. The molecule has 19 heavy (non-hydrogen) atoms. The first-order valence-electron chi connectivity index (χ1n) is 7.26. The summed E-state index contributed by atoms with van der Waals surface area (Å²) in [5, 5.41) is 0. The average molecular weight is 269 g/mol. The molecule has 0 saturated carbocycles. The van der Waals surface area contributed by atoms with Crippen LogP contribution in [-0.4, -0.2) is 31.4 Å². The molecule has 0 saturated heterocycles. The van der Waals surface area contributed by atoms with E-state index in [1.807, 2.05) is 20.8 Å². The maximum Gasteiger partial charge on any atom is 0.300 e. The number of carbonyl (C=O) groups is 1. The Morgan fingerprint density at radius 3 is 2.26 bits per heavy atom. The van der Waals surface area contributed by atoms with E-state index in [2.05, 4.69) is 27.7 Å². The third-order valence-electron chi connectivity index (χ3n) is 2.80. The van der Waals surface area contributed by atoms with E-state index in [0.717, 1.165) is 19.3 Å². The Morgan fingerprint density at radius 1 is 1.21 bits per heavy atom. The Hall–Kier alpha value is -0.505. The van der Waals surface area contributed by atoms with Crippen molar-refractivity contribution < 1.29 is 14.3 Å². The predicted molar refractivity (Wildman–Crippen MR) is 80.7 cm³/mol. The van der Waals surface area contributed by atoms with Gasteiger partial charge in [0.05, 0.1) is 6.10 Å². The Bertz CT molecular complexity index is 269. The number of carbonyl (C=O) groups excluding carboxylic acids is 1. The summed E-state index contributed by atoms with van der Waals surface area (Å²) in [5.74, 6) is -0.290. The second-order valence-corrected chi connectivity index (χ2v) is 6.94. The summed E-state index contributed by atoms with van der Waals surface area (Å²) in [5.41, 5.74) is -0.333. The topological polar surface area (TPSA) is 35.5 Å². The Morgan fingerprint density at radius 2 is 1.79 bits per heavy atom. The highest BCUT2D eigenvalue weighted by Gasteiger charge is 2.27. The van der Waals surface area contributed by atoms with Crippen molar-refractivity contribution in [3.8, 4) is 0 Å². The van der Waals surface area contributed by atoms with Crippen molar-refractivity contribution in [2.24, 2.45) is 5.41 Å². The molecule has 3 nitrogen and oxygen atoms in total. The van der Waals surface area contributed by atoms with Gasteiger partial charge >= 0.3 is 7.28 Å². The van der Waals surface area contributed by atoms with Crippen molar-refractivity contribution in [3.05, 3.63) is 0 Å². The lowest BCUT2D eigenvalue weighted by Crippen LogP contribution is -2.39. The van der Waals surface area contributed by atoms with E-state index >= 15 is 0 Å². The molecule has 1 radical (unpaired) electrons. The molecule has 0 aliphatic heterocycles. The minimum Gasteiger partial charge on any atom is -0.471 e. The van der Waals surface area contributed by atoms with Crippen LogP contribution >= 0.6 is 0 Å². The van der Waals surface area contributed by atoms with Crippen molar-refractivity contribution in [1.82, 2.24) is 0 Å². The summed E-state index contributed by atoms with van der Waals surface area (Å²) in [6.07, 6.45) is 2.84. The summed E-state index contributed by atoms with van der Waals surface area (Å²) in [4.78, 5) is 11.7. The molecule has 0 aromatic heterocycles. The fourth-order valence-electron chi connectivity index (χ4n) is 1.64. The van der Waals surface area contributed by atoms with Crippen molar-refractivity contribution in [3.63, 3.8) is 0 Å². The maximum absolute atomic E-state index is 11.7. The summed E-state index contributed by atoms with van der Waals surface area (Å²) in [6.45, 7) is 14.9. The predicted octanol–water partition coefficient (Wildman–Crippen LogP) is 4.20. The number of rotatable bonds is 8. The van der Waals surface area contributed by atoms with Gasteiger partial charge in [-0.15, -0.1) is 0 Å². The van der Waals surface area contributed by atoms with Crippen LogP contribution in [0, 0.1) is 5.41 Å². The minimum atomic E-state index is -0.575. The molecule has 0 aliphatic carbocycles. The highest BCUT2D eigenvalue weighted by atomic mass is 16.5. The lowest BCUT2D eigenvalue weighted by Gasteiger charge is -2.26. The van der Waals surface area contributed by atoms with E-state index in [4.69, 9.17) is 9.47 Å². The van der Waals surface area contributed by atoms with Crippen LogP contribution in [0.1, 0.15) is 67.7 Å². The van der Waals surface area contributed by atoms with Crippen LogP contribution in [0.25, 0.3) is 0 Å². The van der Waals surface area contributed by atoms with Gasteiger partial charge in [0, 0.05) is 12.1 Å². The van der Waals surface area contributed by atoms with Gasteiger partial charge in [-0.05, 0) is 39.0 Å². The third-order valence-corrected chi connectivity index (χ3v) is 2.80. The molecule has 0 heterocycles. The van der Waals surface area contributed by atoms with Crippen LogP contribution in [0.3, 0.4) is 0 Å². The van der Waals surface area contributed by atoms with Gasteiger partial charge in [-0.1, -0.05) is 34.1 Å². The van der Waals surface area contributed by atoms with Crippen LogP contribution < -0.4 is 0 Å². The van der Waals surface area contributed by atoms with E-state index < -0.39 is 5.50 Å². The normalized spacial score (nSPS) is 14.1. The zero-order valence-electron chi connectivity index (χ0n) is 13.7. The molecule has 0 rings (SSSR count). The first-order chi connectivity index (χ1) is 8.56. The van der Waals surface area contributed by atoms with Gasteiger partial charge in [-0.25, -0.2) is 0 Å². The quantitative estimate of drug-likeness (QED) is 0.619. The standard InChI is InChI=1S/C15H30BO3/c1-8-9-12(2)19-13(17)16-15(6,7)18-11-10-14(3,4)5/h12H,8-11H2,1-7H3. The van der Waals surface area contributed by atoms with Crippen LogP contribution in [0.2, 0.25) is 0 Å². The molecule has 0 amide bonds. The van der Waals surface area contributed by atoms with Crippen LogP contribution in [0.15, 0.2) is 0 Å². The highest BCUT2D eigenvalue weighted by molar-refractivity contribution is 6.74. The first-order valence-corrected chi connectivity index (χ1v) is 7.26. The van der Waals surface area contributed by atoms with Gasteiger partial charge in [0.25, 0.3) is 0 Å². The van der Waals surface area contributed by atoms with Gasteiger partial charge in [-0.2, -0.15) is 0 Å². The molecular weight excluding hydrogens is 239 g/mol. The third kappa shape index (κ3) is 11.1. The molecule has 0 aromatic rings. The SMILES string of the molecule is CCCC(C)OC(=O)[B]C(C)(C)OCCC(C)(C)C. The molecule has 1 atom stereocenters. The number of ether oxygens (including phenoxy) is 2. The van der Waals surface area contributed by atoms with Gasteiger partial charge in [0.1, 0.15) is 0 Å². The Balaban J connectivity index is 4.03. The molecule has 0 fully saturated rings. The second-order valence-electron chi connectivity index (χ2n) is 6.94. The van der Waals surface area contributed by atoms with Crippen molar-refractivity contribution in [2.75, 3.05) is 6.61 Å². The van der Waals surface area contributed by atoms with E-state index in [0.29, 0.717) is 6.61 Å². The Labute approximate surface area is 119 Å². The van der Waals surface area contributed by atoms with Gasteiger partial charge in [-0.3, -0.25) is 4.79 Å². The average Bonchev–Trinajstić information content (AvgIpc) is 2.13. The lowest BCUT2D eigenvalue weighted by atomic mass is 9.62. The summed E-state index contributed by atoms with van der Waals surface area (Å²) in [7, 11) is 1.53. The molecule has 1 unspecified atom stereocenters. The lowest BCUT2D eigenvalue weighted by molar-refractivity contribution is 0.0269. The largest absolute Gasteiger partial charge is 0.471 e. The zero-order valence-corrected chi connectivity index (χ0v) is 13.7. The summed E-state index contributed by atoms with van der Waals surface area (Å²) < 4.78 is 11.1. The fourth-order valence-corrected chi connectivity index (χ4v) is 1.64. The van der Waals surface area contributed by atoms with Crippen molar-refractivity contribution >= 4 is 13.1 Å². The molecule has 0 aromatic carbocycles. The smallest absolute Gasteiger partial charge is 0.300 e. The van der Waals surface area contributed by atoms with E-state index in [1.165, 1.54) is 7.28 Å². The van der Waals surface area contributed by atoms with Crippen LogP contribution in [-0.2, 0) is 9.47 Å². The summed E-state index contributed by atoms with van der Waals surface area (Å²) in [6, 6.07) is 0. The number of hydrogen-bond acceptors (Lipinski definition) is 3. The van der Waals surface area contributed by atoms with Crippen LogP contribution in [0.4, 0.5) is 4.79 Å². The Kier molecular flexibility index (Phi) is 7.72. The monoisotopic (exact) mass is 269 g/mol. The van der Waals surface area contributed by atoms with E-state index in [9.17, 15) is 4.79 Å².